The molecule has 1 N–H and O–H groups in total. The fourth-order valence-electron chi connectivity index (χ4n) is 1.41. The number of rotatable bonds is 5. The SMILES string of the molecule is CNCCc1ccc(OC)c(Cl)c1OC. The topological polar surface area (TPSA) is 30.5 Å². The second-order valence-corrected chi connectivity index (χ2v) is 3.51. The van der Waals surface area contributed by atoms with Crippen molar-refractivity contribution in [2.45, 2.75) is 6.42 Å². The van der Waals surface area contributed by atoms with E-state index < -0.39 is 0 Å². The quantitative estimate of drug-likeness (QED) is 0.839. The largest absolute Gasteiger partial charge is 0.495 e. The first-order valence-corrected chi connectivity index (χ1v) is 5.16. The Kier molecular flexibility index (Phi) is 4.72. The Morgan fingerprint density at radius 3 is 2.53 bits per heavy atom. The average Bonchev–Trinajstić information content (AvgIpc) is 2.26. The second kappa shape index (κ2) is 5.83. The van der Waals surface area contributed by atoms with Crippen molar-refractivity contribution in [3.05, 3.63) is 22.7 Å². The van der Waals surface area contributed by atoms with Crippen LogP contribution in [0.15, 0.2) is 12.1 Å². The Balaban J connectivity index is 3.01. The standard InChI is InChI=1S/C11H16ClNO2/c1-13-7-6-8-4-5-9(14-2)10(12)11(8)15-3/h4-5,13H,6-7H2,1-3H3. The first-order chi connectivity index (χ1) is 7.24. The molecule has 0 spiro atoms. The van der Waals surface area contributed by atoms with Gasteiger partial charge in [-0.05, 0) is 31.6 Å². The van der Waals surface area contributed by atoms with Gasteiger partial charge < -0.3 is 14.8 Å². The Bertz CT molecular complexity index is 329. The van der Waals surface area contributed by atoms with Crippen LogP contribution in [0.5, 0.6) is 11.5 Å². The minimum absolute atomic E-state index is 0.536. The van der Waals surface area contributed by atoms with Crippen LogP contribution in [0.2, 0.25) is 5.02 Å². The van der Waals surface area contributed by atoms with Crippen LogP contribution in [0.3, 0.4) is 0 Å². The summed E-state index contributed by atoms with van der Waals surface area (Å²) in [6.07, 6.45) is 0.878. The highest BCUT2D eigenvalue weighted by Gasteiger charge is 2.12. The first-order valence-electron chi connectivity index (χ1n) is 4.78. The van der Waals surface area contributed by atoms with E-state index >= 15 is 0 Å². The Morgan fingerprint density at radius 2 is 2.00 bits per heavy atom. The minimum Gasteiger partial charge on any atom is -0.495 e. The fraction of sp³-hybridized carbons (Fsp3) is 0.455. The van der Waals surface area contributed by atoms with E-state index in [1.807, 2.05) is 19.2 Å². The molecule has 3 nitrogen and oxygen atoms in total. The van der Waals surface area contributed by atoms with Gasteiger partial charge in [0, 0.05) is 0 Å². The molecule has 0 aromatic heterocycles. The molecule has 0 heterocycles. The van der Waals surface area contributed by atoms with Crippen molar-refractivity contribution in [2.75, 3.05) is 27.8 Å². The number of likely N-dealkylation sites (N-methyl/N-ethyl adjacent to an activating group) is 1. The highest BCUT2D eigenvalue weighted by molar-refractivity contribution is 6.33. The van der Waals surface area contributed by atoms with Crippen molar-refractivity contribution in [2.24, 2.45) is 0 Å². The summed E-state index contributed by atoms with van der Waals surface area (Å²) >= 11 is 6.12. The van der Waals surface area contributed by atoms with E-state index in [1.165, 1.54) is 0 Å². The van der Waals surface area contributed by atoms with E-state index in [2.05, 4.69) is 5.32 Å². The van der Waals surface area contributed by atoms with Gasteiger partial charge in [0.05, 0.1) is 14.2 Å². The molecule has 84 valence electrons. The molecule has 0 fully saturated rings. The maximum Gasteiger partial charge on any atom is 0.144 e. The zero-order valence-electron chi connectivity index (χ0n) is 9.26. The molecule has 15 heavy (non-hydrogen) atoms. The van der Waals surface area contributed by atoms with Crippen LogP contribution in [-0.2, 0) is 6.42 Å². The Hall–Kier alpha value is -0.930. The Labute approximate surface area is 95.3 Å². The van der Waals surface area contributed by atoms with Gasteiger partial charge in [-0.15, -0.1) is 0 Å². The molecule has 0 radical (unpaired) electrons. The second-order valence-electron chi connectivity index (χ2n) is 3.13. The molecule has 0 saturated carbocycles. The molecule has 1 rings (SSSR count). The third-order valence-electron chi connectivity index (χ3n) is 2.21. The fourth-order valence-corrected chi connectivity index (χ4v) is 1.75. The summed E-state index contributed by atoms with van der Waals surface area (Å²) < 4.78 is 10.4. The minimum atomic E-state index is 0.536. The van der Waals surface area contributed by atoms with Gasteiger partial charge in [0.1, 0.15) is 16.5 Å². The molecule has 0 unspecified atom stereocenters. The summed E-state index contributed by atoms with van der Waals surface area (Å²) in [4.78, 5) is 0. The lowest BCUT2D eigenvalue weighted by atomic mass is 10.1. The molecular formula is C11H16ClNO2. The summed E-state index contributed by atoms with van der Waals surface area (Å²) in [5.74, 6) is 1.34. The van der Waals surface area contributed by atoms with E-state index in [0.717, 1.165) is 18.5 Å². The highest BCUT2D eigenvalue weighted by Crippen LogP contribution is 2.36. The molecule has 0 bridgehead atoms. The average molecular weight is 230 g/mol. The van der Waals surface area contributed by atoms with Crippen LogP contribution >= 0.6 is 11.6 Å². The summed E-state index contributed by atoms with van der Waals surface area (Å²) in [7, 11) is 5.12. The van der Waals surface area contributed by atoms with Crippen LogP contribution in [0.1, 0.15) is 5.56 Å². The van der Waals surface area contributed by atoms with Crippen molar-refractivity contribution in [1.29, 1.82) is 0 Å². The number of hydrogen-bond acceptors (Lipinski definition) is 3. The summed E-state index contributed by atoms with van der Waals surface area (Å²) in [5, 5.41) is 3.62. The van der Waals surface area contributed by atoms with Gasteiger partial charge in [-0.2, -0.15) is 0 Å². The van der Waals surface area contributed by atoms with Gasteiger partial charge in [-0.25, -0.2) is 0 Å². The van der Waals surface area contributed by atoms with Crippen molar-refractivity contribution in [3.63, 3.8) is 0 Å². The normalized spacial score (nSPS) is 10.1. The number of ether oxygens (including phenoxy) is 2. The molecule has 0 amide bonds. The molecule has 0 saturated heterocycles. The third-order valence-corrected chi connectivity index (χ3v) is 2.57. The number of halogens is 1. The van der Waals surface area contributed by atoms with Crippen LogP contribution in [0.25, 0.3) is 0 Å². The molecule has 0 atom stereocenters. The van der Waals surface area contributed by atoms with Crippen molar-refractivity contribution >= 4 is 11.6 Å². The van der Waals surface area contributed by atoms with Gasteiger partial charge in [-0.1, -0.05) is 17.7 Å². The van der Waals surface area contributed by atoms with Gasteiger partial charge in [-0.3, -0.25) is 0 Å². The van der Waals surface area contributed by atoms with E-state index in [0.29, 0.717) is 16.5 Å². The maximum atomic E-state index is 6.12. The molecule has 0 aliphatic carbocycles. The highest BCUT2D eigenvalue weighted by atomic mass is 35.5. The number of nitrogens with one attached hydrogen (secondary N) is 1. The number of benzene rings is 1. The van der Waals surface area contributed by atoms with Crippen LogP contribution < -0.4 is 14.8 Å². The lowest BCUT2D eigenvalue weighted by Crippen LogP contribution is -2.11. The maximum absolute atomic E-state index is 6.12. The molecule has 1 aromatic carbocycles. The van der Waals surface area contributed by atoms with Gasteiger partial charge in [0.15, 0.2) is 0 Å². The molecular weight excluding hydrogens is 214 g/mol. The van der Waals surface area contributed by atoms with E-state index in [1.54, 1.807) is 14.2 Å². The van der Waals surface area contributed by atoms with Crippen LogP contribution in [0.4, 0.5) is 0 Å². The first kappa shape index (κ1) is 12.1. The molecule has 0 aliphatic rings. The van der Waals surface area contributed by atoms with E-state index in [4.69, 9.17) is 21.1 Å². The van der Waals surface area contributed by atoms with Crippen molar-refractivity contribution in [1.82, 2.24) is 5.32 Å². The lowest BCUT2D eigenvalue weighted by Gasteiger charge is -2.12. The smallest absolute Gasteiger partial charge is 0.144 e. The zero-order valence-corrected chi connectivity index (χ0v) is 10.0. The molecule has 0 aliphatic heterocycles. The van der Waals surface area contributed by atoms with E-state index in [-0.39, 0.29) is 0 Å². The molecule has 4 heteroatoms. The third kappa shape index (κ3) is 2.76. The summed E-state index contributed by atoms with van der Waals surface area (Å²) in [6, 6.07) is 3.83. The monoisotopic (exact) mass is 229 g/mol. The van der Waals surface area contributed by atoms with Crippen molar-refractivity contribution < 1.29 is 9.47 Å². The van der Waals surface area contributed by atoms with Gasteiger partial charge in [0.2, 0.25) is 0 Å². The van der Waals surface area contributed by atoms with Crippen LogP contribution in [0, 0.1) is 0 Å². The predicted molar refractivity (Wildman–Crippen MR) is 62.2 cm³/mol. The number of methoxy groups -OCH3 is 2. The zero-order chi connectivity index (χ0) is 11.3. The molecule has 1 aromatic rings. The lowest BCUT2D eigenvalue weighted by molar-refractivity contribution is 0.391. The summed E-state index contributed by atoms with van der Waals surface area (Å²) in [5.41, 5.74) is 1.08. The van der Waals surface area contributed by atoms with Gasteiger partial charge in [0.25, 0.3) is 0 Å². The predicted octanol–water partition coefficient (Wildman–Crippen LogP) is 2.12. The van der Waals surface area contributed by atoms with E-state index in [9.17, 15) is 0 Å². The number of hydrogen-bond donors (Lipinski definition) is 1. The van der Waals surface area contributed by atoms with Crippen LogP contribution in [-0.4, -0.2) is 27.8 Å². The Morgan fingerprint density at radius 1 is 1.27 bits per heavy atom. The van der Waals surface area contributed by atoms with Crippen molar-refractivity contribution in [3.8, 4) is 11.5 Å². The summed E-state index contributed by atoms with van der Waals surface area (Å²) in [6.45, 7) is 0.888. The van der Waals surface area contributed by atoms with Gasteiger partial charge >= 0.3 is 0 Å².